The minimum Gasteiger partial charge on any atom is -0.431 e. The second-order valence-electron chi connectivity index (χ2n) is 5.67. The highest BCUT2D eigenvalue weighted by molar-refractivity contribution is 5.92. The van der Waals surface area contributed by atoms with E-state index in [0.29, 0.717) is 0 Å². The lowest BCUT2D eigenvalue weighted by atomic mass is 10.1. The minimum atomic E-state index is -0.569. The van der Waals surface area contributed by atoms with Crippen molar-refractivity contribution in [2.45, 2.75) is 79.1 Å². The molecular weight excluding hydrogens is 304 g/mol. The maximum Gasteiger partial charge on any atom is 0.335 e. The van der Waals surface area contributed by atoms with Gasteiger partial charge in [0, 0.05) is 12.2 Å². The quantitative estimate of drug-likeness (QED) is 0.264. The number of hydrogen-bond acceptors (Lipinski definition) is 4. The van der Waals surface area contributed by atoms with Gasteiger partial charge in [-0.05, 0) is 49.7 Å². The molecule has 0 aliphatic rings. The second kappa shape index (κ2) is 14.7. The summed E-state index contributed by atoms with van der Waals surface area (Å²) in [5, 5.41) is 0. The van der Waals surface area contributed by atoms with Crippen LogP contribution in [0.3, 0.4) is 0 Å². The van der Waals surface area contributed by atoms with Crippen molar-refractivity contribution in [1.82, 2.24) is 0 Å². The molecule has 0 aromatic heterocycles. The van der Waals surface area contributed by atoms with Crippen molar-refractivity contribution in [1.29, 1.82) is 0 Å². The van der Waals surface area contributed by atoms with Gasteiger partial charge in [-0.25, -0.2) is 9.59 Å². The smallest absolute Gasteiger partial charge is 0.335 e. The van der Waals surface area contributed by atoms with Crippen molar-refractivity contribution in [3.05, 3.63) is 35.8 Å². The van der Waals surface area contributed by atoms with E-state index >= 15 is 0 Å². The fraction of sp³-hybridized carbons (Fsp3) is 0.600. The number of carbonyl (C=O) groups is 2. The normalized spacial score (nSPS) is 12.5. The van der Waals surface area contributed by atoms with Crippen LogP contribution in [0.1, 0.15) is 79.1 Å². The fourth-order valence-corrected chi connectivity index (χ4v) is 1.94. The molecule has 0 saturated carbocycles. The van der Waals surface area contributed by atoms with Crippen LogP contribution >= 0.6 is 0 Å². The van der Waals surface area contributed by atoms with Crippen molar-refractivity contribution in [2.75, 3.05) is 0 Å². The van der Waals surface area contributed by atoms with Crippen molar-refractivity contribution in [2.24, 2.45) is 0 Å². The number of rotatable bonds is 12. The molecule has 4 heteroatoms. The summed E-state index contributed by atoms with van der Waals surface area (Å²) in [4.78, 5) is 23.2. The Hall–Kier alpha value is -1.84. The summed E-state index contributed by atoms with van der Waals surface area (Å²) in [7, 11) is 0. The first-order chi connectivity index (χ1) is 11.6. The molecule has 0 amide bonds. The SMILES string of the molecule is CCCCC(=COC(=O)C=CC(=O)OC=C(CC)CCCC)CC. The molecule has 0 spiro atoms. The monoisotopic (exact) mass is 336 g/mol. The highest BCUT2D eigenvalue weighted by Crippen LogP contribution is 2.12. The van der Waals surface area contributed by atoms with Crippen LogP contribution in [0.5, 0.6) is 0 Å². The van der Waals surface area contributed by atoms with Gasteiger partial charge in [-0.3, -0.25) is 0 Å². The number of carbonyl (C=O) groups excluding carboxylic acids is 2. The summed E-state index contributed by atoms with van der Waals surface area (Å²) in [5.41, 5.74) is 2.18. The Morgan fingerprint density at radius 3 is 1.38 bits per heavy atom. The van der Waals surface area contributed by atoms with Gasteiger partial charge in [-0.2, -0.15) is 0 Å². The molecule has 0 aliphatic heterocycles. The second-order valence-corrected chi connectivity index (χ2v) is 5.67. The van der Waals surface area contributed by atoms with Crippen molar-refractivity contribution >= 4 is 11.9 Å². The number of ether oxygens (including phenoxy) is 2. The van der Waals surface area contributed by atoms with E-state index in [2.05, 4.69) is 13.8 Å². The maximum atomic E-state index is 11.6. The van der Waals surface area contributed by atoms with Crippen LogP contribution in [0.15, 0.2) is 35.8 Å². The molecule has 0 heterocycles. The largest absolute Gasteiger partial charge is 0.431 e. The van der Waals surface area contributed by atoms with Crippen LogP contribution < -0.4 is 0 Å². The number of hydrogen-bond donors (Lipinski definition) is 0. The summed E-state index contributed by atoms with van der Waals surface area (Å²) in [6.07, 6.45) is 13.1. The lowest BCUT2D eigenvalue weighted by molar-refractivity contribution is -0.135. The summed E-state index contributed by atoms with van der Waals surface area (Å²) in [6, 6.07) is 0. The summed E-state index contributed by atoms with van der Waals surface area (Å²) < 4.78 is 10.1. The Balaban J connectivity index is 4.35. The van der Waals surface area contributed by atoms with Crippen molar-refractivity contribution in [3.63, 3.8) is 0 Å². The molecule has 0 rings (SSSR count). The third-order valence-corrected chi connectivity index (χ3v) is 3.65. The van der Waals surface area contributed by atoms with Gasteiger partial charge < -0.3 is 9.47 Å². The Morgan fingerprint density at radius 1 is 0.708 bits per heavy atom. The van der Waals surface area contributed by atoms with Gasteiger partial charge in [0.1, 0.15) is 0 Å². The van der Waals surface area contributed by atoms with Gasteiger partial charge in [0.15, 0.2) is 0 Å². The van der Waals surface area contributed by atoms with E-state index in [1.54, 1.807) is 0 Å². The lowest BCUT2D eigenvalue weighted by Gasteiger charge is -2.03. The van der Waals surface area contributed by atoms with Gasteiger partial charge in [0.25, 0.3) is 0 Å². The third kappa shape index (κ3) is 11.7. The van der Waals surface area contributed by atoms with Crippen LogP contribution in [0.25, 0.3) is 0 Å². The van der Waals surface area contributed by atoms with E-state index < -0.39 is 11.9 Å². The van der Waals surface area contributed by atoms with E-state index in [9.17, 15) is 9.59 Å². The molecule has 0 aromatic carbocycles. The van der Waals surface area contributed by atoms with Crippen molar-refractivity contribution in [3.8, 4) is 0 Å². The fourth-order valence-electron chi connectivity index (χ4n) is 1.94. The molecule has 4 nitrogen and oxygen atoms in total. The molecule has 0 aromatic rings. The van der Waals surface area contributed by atoms with Crippen LogP contribution in [-0.4, -0.2) is 11.9 Å². The predicted octanol–water partition coefficient (Wildman–Crippen LogP) is 5.60. The molecule has 0 saturated heterocycles. The first-order valence-corrected chi connectivity index (χ1v) is 9.02. The van der Waals surface area contributed by atoms with E-state index in [4.69, 9.17) is 9.47 Å². The number of allylic oxidation sites excluding steroid dienone is 2. The summed E-state index contributed by atoms with van der Waals surface area (Å²) >= 11 is 0. The molecule has 0 N–H and O–H groups in total. The molecule has 0 atom stereocenters. The summed E-state index contributed by atoms with van der Waals surface area (Å²) in [6.45, 7) is 8.29. The van der Waals surface area contributed by atoms with E-state index in [1.165, 1.54) is 12.5 Å². The molecule has 24 heavy (non-hydrogen) atoms. The molecule has 0 unspecified atom stereocenters. The van der Waals surface area contributed by atoms with Crippen LogP contribution in [-0.2, 0) is 19.1 Å². The zero-order valence-corrected chi connectivity index (χ0v) is 15.6. The average Bonchev–Trinajstić information content (AvgIpc) is 2.60. The van der Waals surface area contributed by atoms with E-state index in [-0.39, 0.29) is 0 Å². The van der Waals surface area contributed by atoms with Crippen LogP contribution in [0, 0.1) is 0 Å². The highest BCUT2D eigenvalue weighted by Gasteiger charge is 2.02. The van der Waals surface area contributed by atoms with Crippen LogP contribution in [0.2, 0.25) is 0 Å². The van der Waals surface area contributed by atoms with E-state index in [0.717, 1.165) is 74.7 Å². The Bertz CT molecular complexity index is 416. The Kier molecular flexibility index (Phi) is 13.6. The minimum absolute atomic E-state index is 0.569. The number of esters is 2. The highest BCUT2D eigenvalue weighted by atomic mass is 16.5. The lowest BCUT2D eigenvalue weighted by Crippen LogP contribution is -2.00. The predicted molar refractivity (Wildman–Crippen MR) is 97.1 cm³/mol. The molecule has 0 fully saturated rings. The van der Waals surface area contributed by atoms with Gasteiger partial charge in [-0.1, -0.05) is 40.5 Å². The molecule has 136 valence electrons. The third-order valence-electron chi connectivity index (χ3n) is 3.65. The van der Waals surface area contributed by atoms with Crippen LogP contribution in [0.4, 0.5) is 0 Å². The van der Waals surface area contributed by atoms with Gasteiger partial charge in [0.05, 0.1) is 12.5 Å². The van der Waals surface area contributed by atoms with Gasteiger partial charge >= 0.3 is 11.9 Å². The van der Waals surface area contributed by atoms with Gasteiger partial charge in [-0.15, -0.1) is 0 Å². The first kappa shape index (κ1) is 22.2. The zero-order chi connectivity index (χ0) is 18.2. The summed E-state index contributed by atoms with van der Waals surface area (Å²) in [5.74, 6) is -1.14. The average molecular weight is 336 g/mol. The molecule has 0 aliphatic carbocycles. The molecule has 0 radical (unpaired) electrons. The number of unbranched alkanes of at least 4 members (excludes halogenated alkanes) is 2. The van der Waals surface area contributed by atoms with Crippen molar-refractivity contribution < 1.29 is 19.1 Å². The zero-order valence-electron chi connectivity index (χ0n) is 15.6. The van der Waals surface area contributed by atoms with E-state index in [1.807, 2.05) is 13.8 Å². The van der Waals surface area contributed by atoms with Gasteiger partial charge in [0.2, 0.25) is 0 Å². The Labute approximate surface area is 146 Å². The Morgan fingerprint density at radius 2 is 1.08 bits per heavy atom. The standard InChI is InChI=1S/C20H32O4/c1-5-9-11-17(7-3)15-23-19(21)13-14-20(22)24-16-18(8-4)12-10-6-2/h13-16H,5-12H2,1-4H3. The molecular formula is C20H32O4. The maximum absolute atomic E-state index is 11.6. The topological polar surface area (TPSA) is 52.6 Å². The molecule has 0 bridgehead atoms. The first-order valence-electron chi connectivity index (χ1n) is 9.02.